The van der Waals surface area contributed by atoms with Crippen molar-refractivity contribution >= 4 is 34.8 Å². The van der Waals surface area contributed by atoms with Crippen molar-refractivity contribution in [1.29, 1.82) is 5.26 Å². The number of hydrogen-bond donors (Lipinski definition) is 1. The molecule has 0 saturated carbocycles. The molecule has 3 aromatic rings. The first-order valence-electron chi connectivity index (χ1n) is 9.42. The number of nitriles is 1. The second kappa shape index (κ2) is 9.78. The molecule has 0 unspecified atom stereocenters. The Labute approximate surface area is 181 Å². The van der Waals surface area contributed by atoms with Crippen molar-refractivity contribution in [3.63, 3.8) is 0 Å². The number of amides is 1. The molecule has 5 heteroatoms. The molecule has 0 atom stereocenters. The number of carbonyl (C=O) groups is 1. The monoisotopic (exact) mass is 416 g/mol. The molecule has 150 valence electrons. The van der Waals surface area contributed by atoms with Crippen molar-refractivity contribution in [3.8, 4) is 11.8 Å². The summed E-state index contributed by atoms with van der Waals surface area (Å²) in [5.41, 5.74) is 5.11. The maximum atomic E-state index is 12.2. The van der Waals surface area contributed by atoms with Crippen molar-refractivity contribution in [3.05, 3.63) is 94.0 Å². The van der Waals surface area contributed by atoms with Crippen LogP contribution in [-0.4, -0.2) is 12.5 Å². The number of allylic oxidation sites excluding steroid dienone is 1. The van der Waals surface area contributed by atoms with Crippen LogP contribution in [0, 0.1) is 25.2 Å². The van der Waals surface area contributed by atoms with Crippen LogP contribution in [0.5, 0.6) is 5.75 Å². The SMILES string of the molecule is Cc1ccc(NC(=O)COc2cccc(/C=C(/C#N)c3ccc(Cl)cc3)c2)cc1C. The highest BCUT2D eigenvalue weighted by Gasteiger charge is 2.06. The molecule has 0 aliphatic heterocycles. The Kier molecular flexibility index (Phi) is 6.90. The molecular weight excluding hydrogens is 396 g/mol. The molecule has 0 heterocycles. The van der Waals surface area contributed by atoms with Gasteiger partial charge in [0, 0.05) is 10.7 Å². The number of anilines is 1. The number of halogens is 1. The smallest absolute Gasteiger partial charge is 0.262 e. The van der Waals surface area contributed by atoms with Gasteiger partial charge in [0.05, 0.1) is 11.6 Å². The van der Waals surface area contributed by atoms with Crippen LogP contribution in [-0.2, 0) is 4.79 Å². The van der Waals surface area contributed by atoms with E-state index in [2.05, 4.69) is 11.4 Å². The number of nitrogens with one attached hydrogen (secondary N) is 1. The van der Waals surface area contributed by atoms with E-state index >= 15 is 0 Å². The van der Waals surface area contributed by atoms with Crippen molar-refractivity contribution < 1.29 is 9.53 Å². The highest BCUT2D eigenvalue weighted by atomic mass is 35.5. The van der Waals surface area contributed by atoms with Crippen molar-refractivity contribution in [2.24, 2.45) is 0 Å². The van der Waals surface area contributed by atoms with Gasteiger partial charge in [0.15, 0.2) is 6.61 Å². The molecule has 0 bridgehead atoms. The van der Waals surface area contributed by atoms with Crippen LogP contribution in [0.2, 0.25) is 5.02 Å². The molecule has 1 amide bonds. The molecule has 1 N–H and O–H groups in total. The van der Waals surface area contributed by atoms with Crippen LogP contribution in [0.25, 0.3) is 11.6 Å². The average Bonchev–Trinajstić information content (AvgIpc) is 2.74. The standard InChI is InChI=1S/C25H21ClN2O2/c1-17-6-11-23(12-18(17)2)28-25(29)16-30-24-5-3-4-19(14-24)13-21(15-27)20-7-9-22(26)10-8-20/h3-14H,16H2,1-2H3,(H,28,29)/b21-13-. The summed E-state index contributed by atoms with van der Waals surface area (Å²) in [5, 5.41) is 12.9. The minimum atomic E-state index is -0.238. The van der Waals surface area contributed by atoms with E-state index in [-0.39, 0.29) is 12.5 Å². The molecular formula is C25H21ClN2O2. The van der Waals surface area contributed by atoms with Crippen LogP contribution < -0.4 is 10.1 Å². The fourth-order valence-electron chi connectivity index (χ4n) is 2.84. The Morgan fingerprint density at radius 2 is 1.83 bits per heavy atom. The summed E-state index contributed by atoms with van der Waals surface area (Å²) in [5.74, 6) is 0.311. The minimum absolute atomic E-state index is 0.109. The van der Waals surface area contributed by atoms with Gasteiger partial charge < -0.3 is 10.1 Å². The van der Waals surface area contributed by atoms with Crippen LogP contribution >= 0.6 is 11.6 Å². The van der Waals surface area contributed by atoms with Gasteiger partial charge in [0.1, 0.15) is 5.75 Å². The zero-order valence-corrected chi connectivity index (χ0v) is 17.5. The van der Waals surface area contributed by atoms with E-state index in [0.717, 1.165) is 22.4 Å². The summed E-state index contributed by atoms with van der Waals surface area (Å²) in [4.78, 5) is 12.2. The second-order valence-electron chi connectivity index (χ2n) is 6.89. The second-order valence-corrected chi connectivity index (χ2v) is 7.32. The fraction of sp³-hybridized carbons (Fsp3) is 0.120. The summed E-state index contributed by atoms with van der Waals surface area (Å²) in [7, 11) is 0. The van der Waals surface area contributed by atoms with Gasteiger partial charge in [-0.3, -0.25) is 4.79 Å². The summed E-state index contributed by atoms with van der Waals surface area (Å²) in [6.45, 7) is 3.92. The largest absolute Gasteiger partial charge is 0.484 e. The van der Waals surface area contributed by atoms with E-state index in [0.29, 0.717) is 16.3 Å². The van der Waals surface area contributed by atoms with Gasteiger partial charge in [-0.05, 0) is 78.6 Å². The van der Waals surface area contributed by atoms with Crippen LogP contribution in [0.3, 0.4) is 0 Å². The van der Waals surface area contributed by atoms with Gasteiger partial charge >= 0.3 is 0 Å². The number of aryl methyl sites for hydroxylation is 2. The molecule has 0 radical (unpaired) electrons. The summed E-state index contributed by atoms with van der Waals surface area (Å²) >= 11 is 5.91. The van der Waals surface area contributed by atoms with Crippen molar-refractivity contribution in [2.45, 2.75) is 13.8 Å². The van der Waals surface area contributed by atoms with E-state index in [1.807, 2.05) is 44.2 Å². The Morgan fingerprint density at radius 3 is 2.53 bits per heavy atom. The van der Waals surface area contributed by atoms with E-state index in [1.165, 1.54) is 5.56 Å². The van der Waals surface area contributed by atoms with Crippen LogP contribution in [0.1, 0.15) is 22.3 Å². The van der Waals surface area contributed by atoms with Gasteiger partial charge in [-0.25, -0.2) is 0 Å². The molecule has 0 saturated heterocycles. The first-order valence-corrected chi connectivity index (χ1v) is 9.80. The van der Waals surface area contributed by atoms with E-state index in [4.69, 9.17) is 16.3 Å². The molecule has 3 aromatic carbocycles. The van der Waals surface area contributed by atoms with Gasteiger partial charge in [-0.15, -0.1) is 0 Å². The summed E-state index contributed by atoms with van der Waals surface area (Å²) in [6.07, 6.45) is 1.77. The van der Waals surface area contributed by atoms with Gasteiger partial charge in [-0.2, -0.15) is 5.26 Å². The lowest BCUT2D eigenvalue weighted by atomic mass is 10.0. The Hall–Kier alpha value is -3.55. The predicted molar refractivity (Wildman–Crippen MR) is 121 cm³/mol. The van der Waals surface area contributed by atoms with E-state index < -0.39 is 0 Å². The zero-order chi connectivity index (χ0) is 21.5. The summed E-state index contributed by atoms with van der Waals surface area (Å²) in [6, 6.07) is 22.3. The molecule has 3 rings (SSSR count). The van der Waals surface area contributed by atoms with Gasteiger partial charge in [0.2, 0.25) is 0 Å². The third-order valence-electron chi connectivity index (χ3n) is 4.61. The van der Waals surface area contributed by atoms with Crippen LogP contribution in [0.15, 0.2) is 66.7 Å². The molecule has 0 aromatic heterocycles. The van der Waals surface area contributed by atoms with Crippen molar-refractivity contribution in [2.75, 3.05) is 11.9 Å². The number of rotatable bonds is 6. The Balaban J connectivity index is 1.66. The number of nitrogens with zero attached hydrogens (tertiary/aromatic N) is 1. The predicted octanol–water partition coefficient (Wildman–Crippen LogP) is 6.04. The zero-order valence-electron chi connectivity index (χ0n) is 16.8. The quantitative estimate of drug-likeness (QED) is 0.393. The lowest BCUT2D eigenvalue weighted by Gasteiger charge is -2.09. The lowest BCUT2D eigenvalue weighted by Crippen LogP contribution is -2.20. The first-order chi connectivity index (χ1) is 14.4. The molecule has 30 heavy (non-hydrogen) atoms. The third-order valence-corrected chi connectivity index (χ3v) is 4.86. The van der Waals surface area contributed by atoms with E-state index in [9.17, 15) is 10.1 Å². The topological polar surface area (TPSA) is 62.1 Å². The molecule has 0 fully saturated rings. The number of ether oxygens (including phenoxy) is 1. The summed E-state index contributed by atoms with van der Waals surface area (Å²) < 4.78 is 5.63. The Bertz CT molecular complexity index is 1130. The highest BCUT2D eigenvalue weighted by molar-refractivity contribution is 6.30. The maximum absolute atomic E-state index is 12.2. The third kappa shape index (κ3) is 5.73. The molecule has 0 aliphatic carbocycles. The number of benzene rings is 3. The molecule has 4 nitrogen and oxygen atoms in total. The molecule has 0 spiro atoms. The lowest BCUT2D eigenvalue weighted by molar-refractivity contribution is -0.118. The van der Waals surface area contributed by atoms with Crippen molar-refractivity contribution in [1.82, 2.24) is 0 Å². The highest BCUT2D eigenvalue weighted by Crippen LogP contribution is 2.22. The molecule has 0 aliphatic rings. The van der Waals surface area contributed by atoms with Gasteiger partial charge in [0.25, 0.3) is 5.91 Å². The number of carbonyl (C=O) groups excluding carboxylic acids is 1. The average molecular weight is 417 g/mol. The van der Waals surface area contributed by atoms with E-state index in [1.54, 1.807) is 42.5 Å². The maximum Gasteiger partial charge on any atom is 0.262 e. The van der Waals surface area contributed by atoms with Gasteiger partial charge in [-0.1, -0.05) is 41.9 Å². The minimum Gasteiger partial charge on any atom is -0.484 e. The normalized spacial score (nSPS) is 10.9. The first kappa shape index (κ1) is 21.2. The Morgan fingerprint density at radius 1 is 1.07 bits per heavy atom. The van der Waals surface area contributed by atoms with Crippen LogP contribution in [0.4, 0.5) is 5.69 Å². The number of hydrogen-bond acceptors (Lipinski definition) is 3. The fourth-order valence-corrected chi connectivity index (χ4v) is 2.96.